The molecule has 0 fully saturated rings. The largest absolute Gasteiger partial charge is 0.394 e. The van der Waals surface area contributed by atoms with Crippen LogP contribution in [0.2, 0.25) is 5.02 Å². The Hall–Kier alpha value is -2.11. The molecule has 0 spiro atoms. The average molecular weight is 320 g/mol. The monoisotopic (exact) mass is 319 g/mol. The fourth-order valence-corrected chi connectivity index (χ4v) is 2.11. The number of halogens is 1. The highest BCUT2D eigenvalue weighted by atomic mass is 35.5. The Morgan fingerprint density at radius 3 is 2.55 bits per heavy atom. The van der Waals surface area contributed by atoms with Crippen LogP contribution in [-0.2, 0) is 0 Å². The van der Waals surface area contributed by atoms with Gasteiger partial charge in [0.1, 0.15) is 5.82 Å². The minimum absolute atomic E-state index is 0.0820. The van der Waals surface area contributed by atoms with Gasteiger partial charge in [-0.3, -0.25) is 4.79 Å². The molecule has 6 heteroatoms. The molecular formula is C16H18ClN3O2. The molecule has 1 unspecified atom stereocenters. The van der Waals surface area contributed by atoms with Gasteiger partial charge in [-0.15, -0.1) is 0 Å². The van der Waals surface area contributed by atoms with Crippen molar-refractivity contribution in [3.63, 3.8) is 0 Å². The molecule has 22 heavy (non-hydrogen) atoms. The van der Waals surface area contributed by atoms with Gasteiger partial charge in [-0.05, 0) is 36.8 Å². The van der Waals surface area contributed by atoms with E-state index in [4.69, 9.17) is 11.6 Å². The van der Waals surface area contributed by atoms with E-state index in [9.17, 15) is 9.90 Å². The average Bonchev–Trinajstić information content (AvgIpc) is 2.54. The highest BCUT2D eigenvalue weighted by Gasteiger charge is 2.11. The molecule has 1 heterocycles. The van der Waals surface area contributed by atoms with E-state index in [1.165, 1.54) is 6.20 Å². The van der Waals surface area contributed by atoms with E-state index in [2.05, 4.69) is 15.6 Å². The third-order valence-electron chi connectivity index (χ3n) is 3.14. The normalized spacial score (nSPS) is 11.8. The van der Waals surface area contributed by atoms with Crippen LogP contribution < -0.4 is 10.6 Å². The summed E-state index contributed by atoms with van der Waals surface area (Å²) in [5.74, 6) is 0.431. The van der Waals surface area contributed by atoms with Crippen LogP contribution in [0.1, 0.15) is 28.9 Å². The van der Waals surface area contributed by atoms with Gasteiger partial charge in [0, 0.05) is 17.8 Å². The maximum absolute atomic E-state index is 11.7. The minimum atomic E-state index is -0.292. The molecule has 116 valence electrons. The zero-order valence-electron chi connectivity index (χ0n) is 12.2. The van der Waals surface area contributed by atoms with Crippen molar-refractivity contribution < 1.29 is 9.90 Å². The van der Waals surface area contributed by atoms with Crippen molar-refractivity contribution in [2.75, 3.05) is 18.5 Å². The lowest BCUT2D eigenvalue weighted by Gasteiger charge is -2.17. The van der Waals surface area contributed by atoms with E-state index in [-0.39, 0.29) is 18.6 Å². The van der Waals surface area contributed by atoms with Crippen molar-refractivity contribution in [2.45, 2.75) is 13.0 Å². The number of aliphatic hydroxyl groups excluding tert-OH is 1. The highest BCUT2D eigenvalue weighted by Crippen LogP contribution is 2.20. The minimum Gasteiger partial charge on any atom is -0.394 e. The van der Waals surface area contributed by atoms with Gasteiger partial charge in [0.05, 0.1) is 18.2 Å². The maximum atomic E-state index is 11.7. The van der Waals surface area contributed by atoms with Crippen LogP contribution in [0.25, 0.3) is 0 Å². The number of nitrogens with zero attached hydrogens (tertiary/aromatic N) is 1. The lowest BCUT2D eigenvalue weighted by molar-refractivity contribution is 0.0955. The molecule has 5 nitrogen and oxygen atoms in total. The van der Waals surface area contributed by atoms with Crippen LogP contribution in [-0.4, -0.2) is 29.1 Å². The van der Waals surface area contributed by atoms with Crippen molar-refractivity contribution in [3.05, 3.63) is 58.7 Å². The molecule has 0 aliphatic heterocycles. The molecule has 2 rings (SSSR count). The van der Waals surface area contributed by atoms with Crippen LogP contribution in [0.4, 0.5) is 5.82 Å². The number of nitrogens with one attached hydrogen (secondary N) is 2. The van der Waals surface area contributed by atoms with E-state index in [1.54, 1.807) is 24.3 Å². The molecule has 1 aromatic heterocycles. The first kappa shape index (κ1) is 16.3. The number of carbonyl (C=O) groups is 1. The molecule has 0 bridgehead atoms. The zero-order valence-corrected chi connectivity index (χ0v) is 13.0. The first-order chi connectivity index (χ1) is 10.6. The van der Waals surface area contributed by atoms with E-state index < -0.39 is 0 Å². The van der Waals surface area contributed by atoms with Crippen LogP contribution in [0.5, 0.6) is 0 Å². The zero-order chi connectivity index (χ0) is 15.9. The molecule has 1 atom stereocenters. The summed E-state index contributed by atoms with van der Waals surface area (Å²) in [6.45, 7) is 2.35. The van der Waals surface area contributed by atoms with Gasteiger partial charge in [-0.25, -0.2) is 4.98 Å². The fraction of sp³-hybridized carbons (Fsp3) is 0.250. The predicted molar refractivity (Wildman–Crippen MR) is 87.1 cm³/mol. The Balaban J connectivity index is 2.08. The lowest BCUT2D eigenvalue weighted by atomic mass is 10.1. The van der Waals surface area contributed by atoms with Crippen LogP contribution in [0.15, 0.2) is 42.6 Å². The highest BCUT2D eigenvalue weighted by molar-refractivity contribution is 6.30. The van der Waals surface area contributed by atoms with Gasteiger partial charge >= 0.3 is 0 Å². The van der Waals surface area contributed by atoms with Crippen molar-refractivity contribution in [1.82, 2.24) is 10.3 Å². The summed E-state index contributed by atoms with van der Waals surface area (Å²) in [5, 5.41) is 16.0. The van der Waals surface area contributed by atoms with E-state index in [0.717, 1.165) is 5.56 Å². The quantitative estimate of drug-likeness (QED) is 0.765. The number of hydrogen-bond donors (Lipinski definition) is 3. The van der Waals surface area contributed by atoms with E-state index >= 15 is 0 Å². The molecule has 0 saturated heterocycles. The van der Waals surface area contributed by atoms with Crippen LogP contribution in [0, 0.1) is 0 Å². The van der Waals surface area contributed by atoms with Crippen molar-refractivity contribution in [1.29, 1.82) is 0 Å². The number of aromatic nitrogens is 1. The fourth-order valence-electron chi connectivity index (χ4n) is 1.98. The first-order valence-corrected chi connectivity index (χ1v) is 7.39. The summed E-state index contributed by atoms with van der Waals surface area (Å²) in [4.78, 5) is 15.9. The molecule has 2 aromatic rings. The second-order valence-electron chi connectivity index (χ2n) is 4.72. The van der Waals surface area contributed by atoms with Crippen LogP contribution in [0.3, 0.4) is 0 Å². The van der Waals surface area contributed by atoms with Crippen molar-refractivity contribution >= 4 is 23.3 Å². The summed E-state index contributed by atoms with van der Waals surface area (Å²) in [6, 6.07) is 10.3. The summed E-state index contributed by atoms with van der Waals surface area (Å²) >= 11 is 5.86. The Bertz CT molecular complexity index is 614. The molecular weight excluding hydrogens is 302 g/mol. The molecule has 1 aromatic carbocycles. The van der Waals surface area contributed by atoms with Crippen molar-refractivity contribution in [2.24, 2.45) is 0 Å². The van der Waals surface area contributed by atoms with Gasteiger partial charge in [-0.1, -0.05) is 23.7 Å². The number of rotatable bonds is 6. The topological polar surface area (TPSA) is 74.2 Å². The van der Waals surface area contributed by atoms with Gasteiger partial charge < -0.3 is 15.7 Å². The van der Waals surface area contributed by atoms with Crippen LogP contribution >= 0.6 is 11.6 Å². The first-order valence-electron chi connectivity index (χ1n) is 7.01. The number of benzene rings is 1. The number of carbonyl (C=O) groups excluding carboxylic acids is 1. The second-order valence-corrected chi connectivity index (χ2v) is 5.16. The number of anilines is 1. The number of pyridine rings is 1. The summed E-state index contributed by atoms with van der Waals surface area (Å²) in [6.07, 6.45) is 1.50. The summed E-state index contributed by atoms with van der Waals surface area (Å²) < 4.78 is 0. The molecule has 0 saturated carbocycles. The lowest BCUT2D eigenvalue weighted by Crippen LogP contribution is -2.23. The second kappa shape index (κ2) is 7.77. The smallest absolute Gasteiger partial charge is 0.252 e. The molecule has 0 radical (unpaired) electrons. The van der Waals surface area contributed by atoms with Gasteiger partial charge in [0.15, 0.2) is 0 Å². The van der Waals surface area contributed by atoms with Gasteiger partial charge in [0.2, 0.25) is 0 Å². The van der Waals surface area contributed by atoms with E-state index in [0.29, 0.717) is 22.9 Å². The Morgan fingerprint density at radius 1 is 1.27 bits per heavy atom. The Labute approximate surface area is 134 Å². The Kier molecular flexibility index (Phi) is 5.75. The number of hydrogen-bond acceptors (Lipinski definition) is 4. The van der Waals surface area contributed by atoms with E-state index in [1.807, 2.05) is 19.1 Å². The third-order valence-corrected chi connectivity index (χ3v) is 3.39. The Morgan fingerprint density at radius 2 is 2.00 bits per heavy atom. The van der Waals surface area contributed by atoms with Gasteiger partial charge in [0.25, 0.3) is 5.91 Å². The van der Waals surface area contributed by atoms with Gasteiger partial charge in [-0.2, -0.15) is 0 Å². The predicted octanol–water partition coefficient (Wildman–Crippen LogP) is 2.63. The number of aliphatic hydroxyl groups is 1. The molecule has 0 aliphatic carbocycles. The number of amides is 1. The maximum Gasteiger partial charge on any atom is 0.252 e. The molecule has 3 N–H and O–H groups in total. The standard InChI is InChI=1S/C16H18ClN3O2/c1-2-18-16(22)12-5-8-15(19-9-12)20-14(10-21)11-3-6-13(17)7-4-11/h3-9,14,21H,2,10H2,1H3,(H,18,22)(H,19,20). The summed E-state index contributed by atoms with van der Waals surface area (Å²) in [7, 11) is 0. The van der Waals surface area contributed by atoms with Crippen molar-refractivity contribution in [3.8, 4) is 0 Å². The molecule has 0 aliphatic rings. The molecule has 1 amide bonds. The third kappa shape index (κ3) is 4.19. The SMILES string of the molecule is CCNC(=O)c1ccc(NC(CO)c2ccc(Cl)cc2)nc1. The summed E-state index contributed by atoms with van der Waals surface area (Å²) in [5.41, 5.74) is 1.40.